The third-order valence-electron chi connectivity index (χ3n) is 6.11. The second-order valence-corrected chi connectivity index (χ2v) is 9.95. The quantitative estimate of drug-likeness (QED) is 0.575. The van der Waals surface area contributed by atoms with E-state index in [-0.39, 0.29) is 23.7 Å². The summed E-state index contributed by atoms with van der Waals surface area (Å²) in [6.07, 6.45) is 0. The zero-order chi connectivity index (χ0) is 21.7. The zero-order valence-electron chi connectivity index (χ0n) is 18.8. The maximum atomic E-state index is 6.12. The topological polar surface area (TPSA) is 57.4 Å². The van der Waals surface area contributed by atoms with Crippen LogP contribution >= 0.6 is 0 Å². The van der Waals surface area contributed by atoms with Crippen molar-refractivity contribution in [3.8, 4) is 22.9 Å². The molecule has 2 aromatic carbocycles. The molecule has 1 saturated heterocycles. The summed E-state index contributed by atoms with van der Waals surface area (Å²) in [7, 11) is -0.386. The van der Waals surface area contributed by atoms with Gasteiger partial charge in [0.25, 0.3) is 0 Å². The summed E-state index contributed by atoms with van der Waals surface area (Å²) < 4.78 is 18.2. The van der Waals surface area contributed by atoms with Crippen LogP contribution in [0.4, 0.5) is 0 Å². The molecule has 1 aromatic heterocycles. The highest BCUT2D eigenvalue weighted by molar-refractivity contribution is 6.62. The molecule has 30 heavy (non-hydrogen) atoms. The van der Waals surface area contributed by atoms with Crippen LogP contribution in [0.5, 0.6) is 0 Å². The number of aromatic nitrogens is 2. The molecule has 0 N–H and O–H groups in total. The van der Waals surface area contributed by atoms with E-state index in [1.54, 1.807) is 0 Å². The summed E-state index contributed by atoms with van der Waals surface area (Å²) in [6.45, 7) is 14.8. The Morgan fingerprint density at radius 1 is 0.700 bits per heavy atom. The lowest BCUT2D eigenvalue weighted by Crippen LogP contribution is -2.41. The Morgan fingerprint density at radius 2 is 1.13 bits per heavy atom. The lowest BCUT2D eigenvalue weighted by Gasteiger charge is -2.32. The summed E-state index contributed by atoms with van der Waals surface area (Å²) in [6, 6.07) is 16.2. The largest absolute Gasteiger partial charge is 0.494 e. The minimum absolute atomic E-state index is 0.109. The molecule has 6 heteroatoms. The third kappa shape index (κ3) is 3.82. The van der Waals surface area contributed by atoms with Gasteiger partial charge in [-0.1, -0.05) is 45.0 Å². The van der Waals surface area contributed by atoms with Crippen LogP contribution in [0.25, 0.3) is 22.9 Å². The Labute approximate surface area is 179 Å². The molecule has 156 valence electrons. The molecule has 0 aliphatic carbocycles. The normalized spacial score (nSPS) is 18.0. The van der Waals surface area contributed by atoms with Crippen molar-refractivity contribution in [3.05, 3.63) is 54.1 Å². The van der Waals surface area contributed by atoms with Gasteiger partial charge in [0.05, 0.1) is 11.2 Å². The standard InChI is InChI=1S/C24H29BN2O3/c1-22(2,3)18-12-8-16(9-13-18)20-26-27-21(28-20)17-10-14-19(15-11-17)25-29-23(4,5)24(6,7)30-25/h8-15H,1-7H3. The molecule has 2 heterocycles. The molecule has 4 rings (SSSR count). The molecular weight excluding hydrogens is 375 g/mol. The first kappa shape index (κ1) is 20.8. The van der Waals surface area contributed by atoms with Gasteiger partial charge < -0.3 is 13.7 Å². The molecule has 5 nitrogen and oxygen atoms in total. The number of hydrogen-bond acceptors (Lipinski definition) is 5. The van der Waals surface area contributed by atoms with Gasteiger partial charge in [-0.2, -0.15) is 0 Å². The summed E-state index contributed by atoms with van der Waals surface area (Å²) in [5.41, 5.74) is 3.40. The van der Waals surface area contributed by atoms with Gasteiger partial charge in [-0.3, -0.25) is 0 Å². The van der Waals surface area contributed by atoms with Crippen molar-refractivity contribution in [1.82, 2.24) is 10.2 Å². The van der Waals surface area contributed by atoms with Crippen molar-refractivity contribution in [2.75, 3.05) is 0 Å². The highest BCUT2D eigenvalue weighted by Crippen LogP contribution is 2.36. The van der Waals surface area contributed by atoms with Crippen LogP contribution in [0, 0.1) is 0 Å². The Morgan fingerprint density at radius 3 is 1.57 bits per heavy atom. The minimum atomic E-state index is -0.386. The van der Waals surface area contributed by atoms with Crippen molar-refractivity contribution in [2.24, 2.45) is 0 Å². The second kappa shape index (κ2) is 7.07. The Bertz CT molecular complexity index is 1020. The van der Waals surface area contributed by atoms with Crippen LogP contribution in [0.15, 0.2) is 52.9 Å². The lowest BCUT2D eigenvalue weighted by molar-refractivity contribution is 0.00578. The molecule has 1 aliphatic heterocycles. The molecule has 0 unspecified atom stereocenters. The molecule has 1 fully saturated rings. The van der Waals surface area contributed by atoms with E-state index in [0.29, 0.717) is 11.8 Å². The number of rotatable bonds is 3. The number of nitrogens with zero attached hydrogens (tertiary/aromatic N) is 2. The van der Waals surface area contributed by atoms with Crippen LogP contribution < -0.4 is 5.46 Å². The van der Waals surface area contributed by atoms with E-state index < -0.39 is 0 Å². The van der Waals surface area contributed by atoms with Gasteiger partial charge in [-0.05, 0) is 68.4 Å². The van der Waals surface area contributed by atoms with Gasteiger partial charge in [-0.25, -0.2) is 0 Å². The Hall–Kier alpha value is -2.44. The Balaban J connectivity index is 1.52. The van der Waals surface area contributed by atoms with Crippen molar-refractivity contribution in [2.45, 2.75) is 65.1 Å². The molecule has 0 bridgehead atoms. The van der Waals surface area contributed by atoms with E-state index in [9.17, 15) is 0 Å². The van der Waals surface area contributed by atoms with Crippen LogP contribution in [0.2, 0.25) is 0 Å². The van der Waals surface area contributed by atoms with E-state index in [4.69, 9.17) is 13.7 Å². The molecule has 0 amide bonds. The molecule has 3 aromatic rings. The molecule has 0 spiro atoms. The predicted octanol–water partition coefficient (Wildman–Crippen LogP) is 5.00. The van der Waals surface area contributed by atoms with Crippen molar-refractivity contribution in [1.29, 1.82) is 0 Å². The molecule has 0 saturated carbocycles. The fourth-order valence-corrected chi connectivity index (χ4v) is 3.33. The monoisotopic (exact) mass is 404 g/mol. The number of hydrogen-bond donors (Lipinski definition) is 0. The SMILES string of the molecule is CC(C)(C)c1ccc(-c2nnc(-c3ccc(B4OC(C)(C)C(C)(C)O4)cc3)o2)cc1. The maximum absolute atomic E-state index is 6.12. The van der Waals surface area contributed by atoms with Crippen LogP contribution in [0.1, 0.15) is 54.0 Å². The highest BCUT2D eigenvalue weighted by atomic mass is 16.7. The summed E-state index contributed by atoms with van der Waals surface area (Å²) in [4.78, 5) is 0. The van der Waals surface area contributed by atoms with Crippen molar-refractivity contribution < 1.29 is 13.7 Å². The second-order valence-electron chi connectivity index (χ2n) is 9.95. The first-order valence-electron chi connectivity index (χ1n) is 10.4. The van der Waals surface area contributed by atoms with E-state index in [2.05, 4.69) is 70.8 Å². The van der Waals surface area contributed by atoms with Gasteiger partial charge >= 0.3 is 7.12 Å². The molecule has 1 aliphatic rings. The molecule has 0 radical (unpaired) electrons. The fraction of sp³-hybridized carbons (Fsp3) is 0.417. The maximum Gasteiger partial charge on any atom is 0.494 e. The third-order valence-corrected chi connectivity index (χ3v) is 6.11. The minimum Gasteiger partial charge on any atom is -0.416 e. The first-order valence-corrected chi connectivity index (χ1v) is 10.4. The average Bonchev–Trinajstić information content (AvgIpc) is 3.24. The summed E-state index contributed by atoms with van der Waals surface area (Å²) in [5, 5.41) is 8.45. The van der Waals surface area contributed by atoms with E-state index in [0.717, 1.165) is 16.6 Å². The van der Waals surface area contributed by atoms with Gasteiger partial charge in [0.2, 0.25) is 11.8 Å². The first-order chi connectivity index (χ1) is 14.0. The molecular formula is C24H29BN2O3. The van der Waals surface area contributed by atoms with Crippen LogP contribution in [-0.2, 0) is 14.7 Å². The highest BCUT2D eigenvalue weighted by Gasteiger charge is 2.51. The lowest BCUT2D eigenvalue weighted by atomic mass is 9.79. The Kier molecular flexibility index (Phi) is 4.91. The predicted molar refractivity (Wildman–Crippen MR) is 120 cm³/mol. The van der Waals surface area contributed by atoms with Gasteiger partial charge in [0.1, 0.15) is 0 Å². The van der Waals surface area contributed by atoms with Gasteiger partial charge in [0, 0.05) is 11.1 Å². The van der Waals surface area contributed by atoms with Crippen molar-refractivity contribution >= 4 is 12.6 Å². The van der Waals surface area contributed by atoms with Crippen LogP contribution in [-0.4, -0.2) is 28.5 Å². The van der Waals surface area contributed by atoms with Gasteiger partial charge in [0.15, 0.2) is 0 Å². The van der Waals surface area contributed by atoms with Crippen molar-refractivity contribution in [3.63, 3.8) is 0 Å². The summed E-state index contributed by atoms with van der Waals surface area (Å²) >= 11 is 0. The van der Waals surface area contributed by atoms with E-state index in [1.165, 1.54) is 5.56 Å². The number of benzene rings is 2. The summed E-state index contributed by atoms with van der Waals surface area (Å²) in [5.74, 6) is 1.01. The van der Waals surface area contributed by atoms with Crippen LogP contribution in [0.3, 0.4) is 0 Å². The van der Waals surface area contributed by atoms with E-state index in [1.807, 2.05) is 36.4 Å². The zero-order valence-corrected chi connectivity index (χ0v) is 18.8. The average molecular weight is 404 g/mol. The fourth-order valence-electron chi connectivity index (χ4n) is 3.33. The van der Waals surface area contributed by atoms with E-state index >= 15 is 0 Å². The van der Waals surface area contributed by atoms with Gasteiger partial charge in [-0.15, -0.1) is 10.2 Å². The smallest absolute Gasteiger partial charge is 0.416 e. The molecule has 0 atom stereocenters.